The van der Waals surface area contributed by atoms with Crippen LogP contribution >= 0.6 is 0 Å². The highest BCUT2D eigenvalue weighted by molar-refractivity contribution is 7.88. The number of benzene rings is 6. The van der Waals surface area contributed by atoms with Gasteiger partial charge in [0.25, 0.3) is 0 Å². The van der Waals surface area contributed by atoms with Crippen LogP contribution in [-0.4, -0.2) is 53.2 Å². The van der Waals surface area contributed by atoms with Gasteiger partial charge in [0, 0.05) is 0 Å². The molecule has 10 radical (unpaired) electrons. The zero-order valence-electron chi connectivity index (χ0n) is 22.2. The summed E-state index contributed by atoms with van der Waals surface area (Å²) in [5.74, 6) is -0.490. The van der Waals surface area contributed by atoms with E-state index in [2.05, 4.69) is 4.18 Å². The lowest BCUT2D eigenvalue weighted by molar-refractivity contribution is -0.0500. The molecule has 3 nitrogen and oxygen atoms in total. The van der Waals surface area contributed by atoms with Gasteiger partial charge in [0.05, 0.1) is 0 Å². The number of hydrogen-bond donors (Lipinski definition) is 0. The summed E-state index contributed by atoms with van der Waals surface area (Å²) in [5.41, 5.74) is -3.00. The molecule has 0 aliphatic heterocycles. The normalized spacial score (nSPS) is 12.3. The lowest BCUT2D eigenvalue weighted by Crippen LogP contribution is -2.55. The highest BCUT2D eigenvalue weighted by Gasteiger charge is 2.48. The zero-order valence-corrected chi connectivity index (χ0v) is 23.1. The van der Waals surface area contributed by atoms with Gasteiger partial charge in [0.2, 0.25) is 0 Å². The fraction of sp³-hybridized carbons (Fsp3) is 0.0323. The van der Waals surface area contributed by atoms with Crippen molar-refractivity contribution in [3.05, 3.63) is 84.9 Å². The average Bonchev–Trinajstić information content (AvgIpc) is 2.97. The molecule has 0 amide bonds. The lowest BCUT2D eigenvalue weighted by atomic mass is 9.59. The molecule has 0 fully saturated rings. The number of hydrogen-bond acceptors (Lipinski definition) is 3. The molecule has 0 aromatic heterocycles. The summed E-state index contributed by atoms with van der Waals surface area (Å²) < 4.78 is 68.3. The monoisotopic (exact) mass is 578 g/mol. The number of fused-ring (bicyclic) bond motifs is 3. The molecule has 6 rings (SSSR count). The Bertz CT molecular complexity index is 2150. The van der Waals surface area contributed by atoms with Crippen LogP contribution in [-0.2, 0) is 10.1 Å². The first-order chi connectivity index (χ1) is 20.3. The Hall–Kier alpha value is -4.04. The van der Waals surface area contributed by atoms with Crippen LogP contribution in [0.4, 0.5) is 13.2 Å². The Balaban J connectivity index is 1.78. The minimum Gasteiger partial charge on any atom is -0.376 e. The molecule has 0 spiro atoms. The molecule has 0 aliphatic rings. The van der Waals surface area contributed by atoms with Gasteiger partial charge < -0.3 is 4.18 Å². The molecule has 0 aliphatic carbocycles. The SMILES string of the molecule is [B]c1c([B])c([B])c(-c2c3ccccc3c(-c3cc(OS(=O)(=O)C(F)(F)F)cc4ccccc34)c3ccccc23)c([B])c1[B]. The van der Waals surface area contributed by atoms with Crippen LogP contribution in [0.25, 0.3) is 54.6 Å². The van der Waals surface area contributed by atoms with E-state index in [1.54, 1.807) is 36.4 Å². The molecular weight excluding hydrogens is 563 g/mol. The van der Waals surface area contributed by atoms with Gasteiger partial charge in [-0.1, -0.05) is 83.7 Å². The minimum absolute atomic E-state index is 0.0704. The van der Waals surface area contributed by atoms with Crippen molar-refractivity contribution in [3.8, 4) is 28.0 Å². The Morgan fingerprint density at radius 2 is 0.953 bits per heavy atom. The first-order valence-corrected chi connectivity index (χ1v) is 14.2. The molecule has 43 heavy (non-hydrogen) atoms. The molecular formula is C31H14B5F3O3S. The maximum absolute atomic E-state index is 13.3. The van der Waals surface area contributed by atoms with Crippen molar-refractivity contribution in [2.24, 2.45) is 0 Å². The topological polar surface area (TPSA) is 43.4 Å². The highest BCUT2D eigenvalue weighted by Crippen LogP contribution is 2.45. The fourth-order valence-electron chi connectivity index (χ4n) is 5.52. The number of halogens is 3. The average molecular weight is 578 g/mol. The van der Waals surface area contributed by atoms with Crippen molar-refractivity contribution >= 4 is 109 Å². The van der Waals surface area contributed by atoms with Crippen LogP contribution in [0, 0.1) is 0 Å². The van der Waals surface area contributed by atoms with Gasteiger partial charge >= 0.3 is 15.6 Å². The van der Waals surface area contributed by atoms with Crippen LogP contribution in [0.5, 0.6) is 5.75 Å². The molecule has 6 aromatic rings. The standard InChI is InChI=1S/C31H14B5F3O3S/c32-26-25(27(33)29(35)30(36)28(26)34)24-20-11-5-3-9-18(20)23(19-10-4-6-12-21(19)24)22-14-16(42-43(40,41)31(37,38)39)13-15-7-1-2-8-17(15)22/h1-14H. The minimum atomic E-state index is -5.93. The molecule has 0 saturated heterocycles. The van der Waals surface area contributed by atoms with Crippen molar-refractivity contribution in [3.63, 3.8) is 0 Å². The second-order valence-electron chi connectivity index (χ2n) is 9.96. The van der Waals surface area contributed by atoms with Gasteiger partial charge in [-0.3, -0.25) is 0 Å². The number of rotatable bonds is 4. The summed E-state index contributed by atoms with van der Waals surface area (Å²) in [6, 6.07) is 24.1. The summed E-state index contributed by atoms with van der Waals surface area (Å²) >= 11 is 0. The summed E-state index contributed by atoms with van der Waals surface area (Å²) in [7, 11) is 25.6. The van der Waals surface area contributed by atoms with Gasteiger partial charge in [-0.25, -0.2) is 0 Å². The Morgan fingerprint density at radius 3 is 1.44 bits per heavy atom. The largest absolute Gasteiger partial charge is 0.534 e. The smallest absolute Gasteiger partial charge is 0.376 e. The second kappa shape index (κ2) is 10.3. The van der Waals surface area contributed by atoms with Gasteiger partial charge in [-0.05, 0) is 66.7 Å². The van der Waals surface area contributed by atoms with E-state index in [9.17, 15) is 21.6 Å². The molecule has 0 saturated carbocycles. The predicted molar refractivity (Wildman–Crippen MR) is 172 cm³/mol. The zero-order chi connectivity index (χ0) is 30.8. The van der Waals surface area contributed by atoms with E-state index < -0.39 is 21.4 Å². The summed E-state index contributed by atoms with van der Waals surface area (Å²) in [6.07, 6.45) is 0. The van der Waals surface area contributed by atoms with Crippen LogP contribution in [0.1, 0.15) is 0 Å². The van der Waals surface area contributed by atoms with Crippen molar-refractivity contribution in [2.75, 3.05) is 0 Å². The van der Waals surface area contributed by atoms with E-state index >= 15 is 0 Å². The predicted octanol–water partition coefficient (Wildman–Crippen LogP) is 2.68. The van der Waals surface area contributed by atoms with Crippen molar-refractivity contribution < 1.29 is 25.8 Å². The maximum atomic E-state index is 13.3. The first-order valence-electron chi connectivity index (χ1n) is 12.8. The third-order valence-corrected chi connectivity index (χ3v) is 8.45. The second-order valence-corrected chi connectivity index (χ2v) is 11.5. The summed E-state index contributed by atoms with van der Waals surface area (Å²) in [4.78, 5) is 0. The number of alkyl halides is 3. The highest BCUT2D eigenvalue weighted by atomic mass is 32.2. The van der Waals surface area contributed by atoms with E-state index in [1.165, 1.54) is 12.1 Å². The Morgan fingerprint density at radius 1 is 0.535 bits per heavy atom. The van der Waals surface area contributed by atoms with Gasteiger partial charge in [-0.15, -0.1) is 16.4 Å². The van der Waals surface area contributed by atoms with Crippen LogP contribution in [0.15, 0.2) is 84.9 Å². The third kappa shape index (κ3) is 4.63. The molecule has 198 valence electrons. The van der Waals surface area contributed by atoms with Gasteiger partial charge in [0.15, 0.2) is 0 Å². The van der Waals surface area contributed by atoms with E-state index in [0.29, 0.717) is 54.6 Å². The summed E-state index contributed by atoms with van der Waals surface area (Å²) in [6.45, 7) is 0. The summed E-state index contributed by atoms with van der Waals surface area (Å²) in [5, 5.41) is 3.82. The fourth-order valence-corrected chi connectivity index (χ4v) is 5.96. The quantitative estimate of drug-likeness (QED) is 0.140. The van der Waals surface area contributed by atoms with Gasteiger partial charge in [0.1, 0.15) is 45.0 Å². The van der Waals surface area contributed by atoms with E-state index in [4.69, 9.17) is 39.2 Å². The van der Waals surface area contributed by atoms with Crippen molar-refractivity contribution in [1.82, 2.24) is 0 Å². The van der Waals surface area contributed by atoms with Gasteiger partial charge in [-0.2, -0.15) is 21.6 Å². The van der Waals surface area contributed by atoms with Crippen LogP contribution in [0.3, 0.4) is 0 Å². The van der Waals surface area contributed by atoms with Crippen molar-refractivity contribution in [2.45, 2.75) is 5.51 Å². The van der Waals surface area contributed by atoms with Crippen LogP contribution in [0.2, 0.25) is 0 Å². The van der Waals surface area contributed by atoms with E-state index in [1.807, 2.05) is 36.4 Å². The van der Waals surface area contributed by atoms with E-state index in [0.717, 1.165) is 0 Å². The van der Waals surface area contributed by atoms with E-state index in [-0.39, 0.29) is 27.3 Å². The third-order valence-electron chi connectivity index (χ3n) is 7.47. The molecule has 12 heteroatoms. The maximum Gasteiger partial charge on any atom is 0.534 e. The molecule has 0 atom stereocenters. The van der Waals surface area contributed by atoms with Crippen LogP contribution < -0.4 is 31.5 Å². The molecule has 0 unspecified atom stereocenters. The lowest BCUT2D eigenvalue weighted by Gasteiger charge is -2.25. The first kappa shape index (κ1) is 29.1. The Labute approximate surface area is 252 Å². The molecule has 0 N–H and O–H groups in total. The Kier molecular flexibility index (Phi) is 6.96. The molecule has 0 heterocycles. The molecule has 0 bridgehead atoms. The molecule has 6 aromatic carbocycles. The van der Waals surface area contributed by atoms with Crippen molar-refractivity contribution in [1.29, 1.82) is 0 Å².